The van der Waals surface area contributed by atoms with E-state index in [9.17, 15) is 13.2 Å². The Kier molecular flexibility index (Phi) is 2.46. The van der Waals surface area contributed by atoms with Gasteiger partial charge in [0.2, 0.25) is 0 Å². The maximum absolute atomic E-state index is 13.4. The number of nitrogens with one attached hydrogen (secondary N) is 1. The number of hydrogen-bond donors (Lipinski definition) is 1. The fourth-order valence-electron chi connectivity index (χ4n) is 1.59. The molecule has 16 heavy (non-hydrogen) atoms. The van der Waals surface area contributed by atoms with Crippen molar-refractivity contribution in [3.05, 3.63) is 35.1 Å². The van der Waals surface area contributed by atoms with Crippen LogP contribution in [-0.2, 0) is 0 Å². The number of pyridine rings is 1. The molecule has 1 aromatic heterocycles. The number of benzene rings is 1. The van der Waals surface area contributed by atoms with E-state index < -0.39 is 17.5 Å². The predicted octanol–water partition coefficient (Wildman–Crippen LogP) is 3.00. The van der Waals surface area contributed by atoms with Crippen LogP contribution in [0.15, 0.2) is 12.1 Å². The molecule has 0 amide bonds. The van der Waals surface area contributed by atoms with Crippen molar-refractivity contribution in [2.24, 2.45) is 0 Å². The van der Waals surface area contributed by atoms with Crippen molar-refractivity contribution >= 4 is 16.7 Å². The Bertz CT molecular complexity index is 567. The minimum absolute atomic E-state index is 0.144. The fraction of sp³-hybridized carbons (Fsp3) is 0.182. The molecule has 1 N–H and O–H groups in total. The molecule has 0 saturated carbocycles. The number of fused-ring (bicyclic) bond motifs is 1. The van der Waals surface area contributed by atoms with Crippen LogP contribution >= 0.6 is 0 Å². The average Bonchev–Trinajstić information content (AvgIpc) is 2.25. The number of aryl methyl sites for hydroxylation is 1. The van der Waals surface area contributed by atoms with Crippen LogP contribution in [0.5, 0.6) is 0 Å². The SMILES string of the molecule is CNc1nc2c(F)cc(F)c(F)c2cc1C. The lowest BCUT2D eigenvalue weighted by atomic mass is 10.1. The summed E-state index contributed by atoms with van der Waals surface area (Å²) in [7, 11) is 1.62. The predicted molar refractivity (Wildman–Crippen MR) is 55.9 cm³/mol. The third kappa shape index (κ3) is 1.48. The van der Waals surface area contributed by atoms with E-state index in [-0.39, 0.29) is 10.9 Å². The molecular formula is C11H9F3N2. The highest BCUT2D eigenvalue weighted by Gasteiger charge is 2.15. The highest BCUT2D eigenvalue weighted by Crippen LogP contribution is 2.25. The van der Waals surface area contributed by atoms with Gasteiger partial charge in [-0.2, -0.15) is 0 Å². The van der Waals surface area contributed by atoms with Crippen molar-refractivity contribution < 1.29 is 13.2 Å². The third-order valence-electron chi connectivity index (χ3n) is 2.38. The molecule has 0 saturated heterocycles. The van der Waals surface area contributed by atoms with Gasteiger partial charge in [0, 0.05) is 18.5 Å². The van der Waals surface area contributed by atoms with Crippen LogP contribution in [0, 0.1) is 24.4 Å². The number of nitrogens with zero attached hydrogens (tertiary/aromatic N) is 1. The third-order valence-corrected chi connectivity index (χ3v) is 2.38. The summed E-state index contributed by atoms with van der Waals surface area (Å²) in [5.74, 6) is -2.71. The summed E-state index contributed by atoms with van der Waals surface area (Å²) < 4.78 is 39.7. The first-order valence-corrected chi connectivity index (χ1v) is 4.67. The van der Waals surface area contributed by atoms with Gasteiger partial charge in [0.05, 0.1) is 0 Å². The highest BCUT2D eigenvalue weighted by molar-refractivity contribution is 5.83. The summed E-state index contributed by atoms with van der Waals surface area (Å²) in [6, 6.07) is 1.87. The zero-order chi connectivity index (χ0) is 11.9. The Balaban J connectivity index is 2.90. The minimum atomic E-state index is -1.21. The second-order valence-corrected chi connectivity index (χ2v) is 3.45. The molecule has 5 heteroatoms. The summed E-state index contributed by atoms with van der Waals surface area (Å²) in [5, 5.41) is 2.61. The van der Waals surface area contributed by atoms with Gasteiger partial charge in [-0.05, 0) is 18.6 Å². The van der Waals surface area contributed by atoms with E-state index in [4.69, 9.17) is 0 Å². The Labute approximate surface area is 90.1 Å². The van der Waals surface area contributed by atoms with Gasteiger partial charge in [0.1, 0.15) is 11.3 Å². The first-order valence-electron chi connectivity index (χ1n) is 4.67. The topological polar surface area (TPSA) is 24.9 Å². The summed E-state index contributed by atoms with van der Waals surface area (Å²) in [5.41, 5.74) is 0.452. The van der Waals surface area contributed by atoms with Gasteiger partial charge >= 0.3 is 0 Å². The van der Waals surface area contributed by atoms with Gasteiger partial charge in [-0.3, -0.25) is 0 Å². The Morgan fingerprint density at radius 1 is 1.12 bits per heavy atom. The maximum Gasteiger partial charge on any atom is 0.168 e. The molecule has 0 unspecified atom stereocenters. The van der Waals surface area contributed by atoms with E-state index in [1.165, 1.54) is 6.07 Å². The zero-order valence-electron chi connectivity index (χ0n) is 8.74. The summed E-state index contributed by atoms with van der Waals surface area (Å²) in [6.45, 7) is 1.68. The van der Waals surface area contributed by atoms with Gasteiger partial charge in [-0.25, -0.2) is 18.2 Å². The maximum atomic E-state index is 13.4. The van der Waals surface area contributed by atoms with Crippen molar-refractivity contribution in [1.29, 1.82) is 0 Å². The van der Waals surface area contributed by atoms with Crippen molar-refractivity contribution in [1.82, 2.24) is 4.98 Å². The number of hydrogen-bond acceptors (Lipinski definition) is 2. The van der Waals surface area contributed by atoms with E-state index >= 15 is 0 Å². The van der Waals surface area contributed by atoms with Crippen molar-refractivity contribution in [2.75, 3.05) is 12.4 Å². The molecule has 1 aromatic carbocycles. The molecule has 0 aliphatic heterocycles. The van der Waals surface area contributed by atoms with Crippen LogP contribution < -0.4 is 5.32 Å². The largest absolute Gasteiger partial charge is 0.373 e. The smallest absolute Gasteiger partial charge is 0.168 e. The second kappa shape index (κ2) is 3.66. The van der Waals surface area contributed by atoms with E-state index in [0.717, 1.165) is 0 Å². The van der Waals surface area contributed by atoms with Gasteiger partial charge in [0.25, 0.3) is 0 Å². The van der Waals surface area contributed by atoms with Gasteiger partial charge in [-0.15, -0.1) is 0 Å². The molecule has 0 fully saturated rings. The Morgan fingerprint density at radius 2 is 1.81 bits per heavy atom. The molecule has 0 aliphatic rings. The van der Waals surface area contributed by atoms with Crippen LogP contribution in [0.3, 0.4) is 0 Å². The lowest BCUT2D eigenvalue weighted by Gasteiger charge is -2.08. The molecule has 2 nitrogen and oxygen atoms in total. The van der Waals surface area contributed by atoms with Crippen LogP contribution in [0.25, 0.3) is 10.9 Å². The minimum Gasteiger partial charge on any atom is -0.373 e. The Morgan fingerprint density at radius 3 is 2.44 bits per heavy atom. The van der Waals surface area contributed by atoms with E-state index in [2.05, 4.69) is 10.3 Å². The number of aromatic nitrogens is 1. The fourth-order valence-corrected chi connectivity index (χ4v) is 1.59. The second-order valence-electron chi connectivity index (χ2n) is 3.45. The monoisotopic (exact) mass is 226 g/mol. The lowest BCUT2D eigenvalue weighted by molar-refractivity contribution is 0.505. The molecule has 84 valence electrons. The first-order chi connectivity index (χ1) is 7.54. The molecule has 0 atom stereocenters. The molecular weight excluding hydrogens is 217 g/mol. The quantitative estimate of drug-likeness (QED) is 0.756. The van der Waals surface area contributed by atoms with Crippen molar-refractivity contribution in [2.45, 2.75) is 6.92 Å². The molecule has 0 bridgehead atoms. The molecule has 0 spiro atoms. The molecule has 2 rings (SSSR count). The highest BCUT2D eigenvalue weighted by atomic mass is 19.2. The summed E-state index contributed by atoms with van der Waals surface area (Å²) in [4.78, 5) is 3.90. The van der Waals surface area contributed by atoms with Gasteiger partial charge in [0.15, 0.2) is 17.5 Å². The van der Waals surface area contributed by atoms with Crippen LogP contribution in [0.2, 0.25) is 0 Å². The van der Waals surface area contributed by atoms with Crippen LogP contribution in [-0.4, -0.2) is 12.0 Å². The Hall–Kier alpha value is -1.78. The molecule has 0 radical (unpaired) electrons. The van der Waals surface area contributed by atoms with Crippen molar-refractivity contribution in [3.63, 3.8) is 0 Å². The van der Waals surface area contributed by atoms with Gasteiger partial charge < -0.3 is 5.32 Å². The van der Waals surface area contributed by atoms with Crippen LogP contribution in [0.1, 0.15) is 5.56 Å². The summed E-state index contributed by atoms with van der Waals surface area (Å²) >= 11 is 0. The number of halogens is 3. The number of rotatable bonds is 1. The normalized spacial score (nSPS) is 10.8. The first kappa shape index (κ1) is 10.7. The van der Waals surface area contributed by atoms with Crippen LogP contribution in [0.4, 0.5) is 19.0 Å². The standard InChI is InChI=1S/C11H9F3N2/c1-5-3-6-9(14)7(12)4-8(13)10(6)16-11(5)15-2/h3-4H,1-2H3,(H,15,16). The molecule has 1 heterocycles. The molecule has 0 aliphatic carbocycles. The lowest BCUT2D eigenvalue weighted by Crippen LogP contribution is -2.00. The van der Waals surface area contributed by atoms with E-state index in [0.29, 0.717) is 17.4 Å². The zero-order valence-corrected chi connectivity index (χ0v) is 8.74. The van der Waals surface area contributed by atoms with Crippen molar-refractivity contribution in [3.8, 4) is 0 Å². The average molecular weight is 226 g/mol. The van der Waals surface area contributed by atoms with Gasteiger partial charge in [-0.1, -0.05) is 0 Å². The summed E-state index contributed by atoms with van der Waals surface area (Å²) in [6.07, 6.45) is 0. The molecule has 2 aromatic rings. The van der Waals surface area contributed by atoms with E-state index in [1.54, 1.807) is 14.0 Å². The van der Waals surface area contributed by atoms with E-state index in [1.807, 2.05) is 0 Å². The number of anilines is 1.